The smallest absolute Gasteiger partial charge is 0.127 e. The molecule has 0 amide bonds. The molecule has 280 valence electrons. The van der Waals surface area contributed by atoms with E-state index in [0.717, 1.165) is 0 Å². The van der Waals surface area contributed by atoms with Gasteiger partial charge in [0.05, 0.1) is 0 Å². The third-order valence-electron chi connectivity index (χ3n) is 17.7. The van der Waals surface area contributed by atoms with Crippen LogP contribution in [0.2, 0.25) is 36.3 Å². The summed E-state index contributed by atoms with van der Waals surface area (Å²) in [5, 5.41) is 0. The van der Waals surface area contributed by atoms with E-state index in [0.29, 0.717) is 34.4 Å². The van der Waals surface area contributed by atoms with Gasteiger partial charge >= 0.3 is 0 Å². The highest BCUT2D eigenvalue weighted by molar-refractivity contribution is 6.90. The molecule has 0 nitrogen and oxygen atoms in total. The van der Waals surface area contributed by atoms with Crippen LogP contribution in [0.5, 0.6) is 0 Å². The maximum atomic E-state index is 4.14. The maximum Gasteiger partial charge on any atom is 0.146 e. The summed E-state index contributed by atoms with van der Waals surface area (Å²) in [6.07, 6.45) is 7.32. The quantitative estimate of drug-likeness (QED) is 0.200. The minimum absolute atomic E-state index is 0.0440. The molecule has 0 radical (unpaired) electrons. The van der Waals surface area contributed by atoms with Gasteiger partial charge in [-0.2, -0.15) is 0 Å². The summed E-state index contributed by atoms with van der Waals surface area (Å²) in [6, 6.07) is 0. The Balaban J connectivity index is 1.55. The van der Waals surface area contributed by atoms with Crippen molar-refractivity contribution in [1.82, 2.24) is 0 Å². The van der Waals surface area contributed by atoms with Gasteiger partial charge in [-0.05, 0) is 89.1 Å². The summed E-state index contributed by atoms with van der Waals surface area (Å²) in [5.41, 5.74) is 18.6. The van der Waals surface area contributed by atoms with E-state index in [1.165, 1.54) is 72.0 Å². The molecule has 0 heterocycles. The predicted octanol–water partition coefficient (Wildman–Crippen LogP) is 13.4. The van der Waals surface area contributed by atoms with Crippen molar-refractivity contribution in [2.24, 2.45) is 50.2 Å². The summed E-state index contributed by atoms with van der Waals surface area (Å²) >= 11 is 0. The fourth-order valence-corrected chi connectivity index (χ4v) is 18.7. The van der Waals surface area contributed by atoms with Gasteiger partial charge < -0.3 is 0 Å². The summed E-state index contributed by atoms with van der Waals surface area (Å²) in [4.78, 5) is 0. The fraction of sp³-hybridized carbons (Fsp3) is 0.720. The third kappa shape index (κ3) is 5.16. The van der Waals surface area contributed by atoms with Crippen LogP contribution in [0, 0.1) is 96.9 Å². The molecule has 0 spiro atoms. The molecule has 6 atom stereocenters. The molecule has 3 fully saturated rings. The van der Waals surface area contributed by atoms with Crippen molar-refractivity contribution in [3.63, 3.8) is 0 Å². The Hall–Kier alpha value is -2.11. The first-order valence-corrected chi connectivity index (χ1v) is 26.8. The molecule has 0 aromatic carbocycles. The molecule has 52 heavy (non-hydrogen) atoms. The van der Waals surface area contributed by atoms with E-state index in [2.05, 4.69) is 170 Å². The molecular formula is C50H72Si2. The topological polar surface area (TPSA) is 0 Å². The van der Waals surface area contributed by atoms with Crippen LogP contribution in [-0.4, -0.2) is 16.1 Å². The van der Waals surface area contributed by atoms with Gasteiger partial charge in [0.25, 0.3) is 0 Å². The zero-order chi connectivity index (χ0) is 38.8. The molecule has 0 saturated heterocycles. The SMILES string of the molecule is CC(C)[Si](C#CC1=C(C#CC2=C(C#CC3=C(C#C[Si](C)(C)C)[C@]4(C)CC[C@H]3C4(C)C)[C@]3(C)CC[C@H]2C3(C)C)[C@]2(C)CC[C@H]1C2(C)C)(C(C)C)C(C)C. The van der Waals surface area contributed by atoms with Gasteiger partial charge in [0.1, 0.15) is 16.1 Å². The molecular weight excluding hydrogens is 657 g/mol. The minimum Gasteiger partial charge on any atom is -0.127 e. The van der Waals surface area contributed by atoms with Gasteiger partial charge in [0, 0.05) is 49.7 Å². The first-order valence-electron chi connectivity index (χ1n) is 21.1. The van der Waals surface area contributed by atoms with Gasteiger partial charge in [-0.3, -0.25) is 0 Å². The zero-order valence-corrected chi connectivity index (χ0v) is 38.7. The Kier molecular flexibility index (Phi) is 9.28. The van der Waals surface area contributed by atoms with Crippen molar-refractivity contribution in [2.75, 3.05) is 0 Å². The molecule has 0 aliphatic heterocycles. The monoisotopic (exact) mass is 729 g/mol. The van der Waals surface area contributed by atoms with Crippen LogP contribution in [-0.2, 0) is 0 Å². The van der Waals surface area contributed by atoms with E-state index in [1.54, 1.807) is 0 Å². The van der Waals surface area contributed by atoms with Crippen molar-refractivity contribution in [2.45, 2.75) is 179 Å². The van der Waals surface area contributed by atoms with Crippen LogP contribution in [0.1, 0.15) is 142 Å². The van der Waals surface area contributed by atoms with Crippen molar-refractivity contribution >= 4 is 16.1 Å². The maximum absolute atomic E-state index is 4.14. The zero-order valence-electron chi connectivity index (χ0n) is 36.7. The fourth-order valence-electron chi connectivity index (χ4n) is 13.0. The highest BCUT2D eigenvalue weighted by atomic mass is 28.3. The lowest BCUT2D eigenvalue weighted by Gasteiger charge is -2.38. The van der Waals surface area contributed by atoms with Crippen LogP contribution in [0.4, 0.5) is 0 Å². The van der Waals surface area contributed by atoms with Crippen molar-refractivity contribution < 1.29 is 0 Å². The second kappa shape index (κ2) is 12.2. The lowest BCUT2D eigenvalue weighted by Crippen LogP contribution is -2.43. The molecule has 2 heteroatoms. The second-order valence-electron chi connectivity index (χ2n) is 22.4. The van der Waals surface area contributed by atoms with Gasteiger partial charge in [0.2, 0.25) is 0 Å². The first-order chi connectivity index (χ1) is 23.8. The Bertz CT molecular complexity index is 1890. The highest BCUT2D eigenvalue weighted by Crippen LogP contribution is 2.70. The summed E-state index contributed by atoms with van der Waals surface area (Å²) in [5.74, 6) is 25.2. The molecule has 0 N–H and O–H groups in total. The van der Waals surface area contributed by atoms with Crippen LogP contribution in [0.15, 0.2) is 33.4 Å². The lowest BCUT2D eigenvalue weighted by molar-refractivity contribution is 0.174. The summed E-state index contributed by atoms with van der Waals surface area (Å²) in [7, 11) is -3.40. The molecule has 6 bridgehead atoms. The molecule has 0 aromatic heterocycles. The molecule has 3 saturated carbocycles. The molecule has 0 aromatic rings. The third-order valence-corrected chi connectivity index (χ3v) is 24.8. The standard InChI is InChI=1S/C50H72Si2/c1-33(2)52(34(3)4,35(5)6)32-26-38-41-25-29-49(14,47(41,11)12)43(38)22-19-36-39-23-28-48(13,45(39,7)8)42(36)21-20-37-40-24-30-50(15,46(40,9)10)44(37)27-31-51(16,17)18/h33-35,39-41H,23-25,28-30H2,1-18H3/t39-,40-,41-,48+,49+,50+/m1/s1. The Morgan fingerprint density at radius 1 is 0.442 bits per heavy atom. The molecule has 6 aliphatic rings. The van der Waals surface area contributed by atoms with Gasteiger partial charge in [-0.1, -0.05) is 159 Å². The number of hydrogen-bond acceptors (Lipinski definition) is 0. The molecule has 6 rings (SSSR count). The molecule has 6 aliphatic carbocycles. The summed E-state index contributed by atoms with van der Waals surface area (Å²) in [6.45, 7) is 44.2. The second-order valence-corrected chi connectivity index (χ2v) is 32.8. The Morgan fingerprint density at radius 2 is 0.750 bits per heavy atom. The van der Waals surface area contributed by atoms with Crippen molar-refractivity contribution in [3.8, 4) is 46.6 Å². The van der Waals surface area contributed by atoms with Crippen LogP contribution < -0.4 is 0 Å². The average molecular weight is 729 g/mol. The predicted molar refractivity (Wildman–Crippen MR) is 230 cm³/mol. The normalized spacial score (nSPS) is 34.8. The first kappa shape index (κ1) is 39.6. The molecule has 0 unspecified atom stereocenters. The van der Waals surface area contributed by atoms with Crippen LogP contribution in [0.25, 0.3) is 0 Å². The summed E-state index contributed by atoms with van der Waals surface area (Å²) < 4.78 is 0. The average Bonchev–Trinajstić information content (AvgIpc) is 3.63. The van der Waals surface area contributed by atoms with E-state index in [-0.39, 0.29) is 32.5 Å². The van der Waals surface area contributed by atoms with Gasteiger partial charge in [-0.15, -0.1) is 11.1 Å². The number of hydrogen-bond donors (Lipinski definition) is 0. The number of rotatable bonds is 3. The van der Waals surface area contributed by atoms with E-state index >= 15 is 0 Å². The highest BCUT2D eigenvalue weighted by Gasteiger charge is 2.63. The van der Waals surface area contributed by atoms with Gasteiger partial charge in [0.15, 0.2) is 0 Å². The minimum atomic E-state index is -1.87. The van der Waals surface area contributed by atoms with E-state index < -0.39 is 16.1 Å². The van der Waals surface area contributed by atoms with E-state index in [1.807, 2.05) is 0 Å². The number of allylic oxidation sites excluding steroid dienone is 6. The van der Waals surface area contributed by atoms with Crippen molar-refractivity contribution in [3.05, 3.63) is 33.4 Å². The largest absolute Gasteiger partial charge is 0.146 e. The van der Waals surface area contributed by atoms with Crippen LogP contribution in [0.3, 0.4) is 0 Å². The number of fused-ring (bicyclic) bond motifs is 6. The van der Waals surface area contributed by atoms with E-state index in [9.17, 15) is 0 Å². The van der Waals surface area contributed by atoms with Crippen molar-refractivity contribution in [1.29, 1.82) is 0 Å². The Morgan fingerprint density at radius 3 is 1.06 bits per heavy atom. The van der Waals surface area contributed by atoms with Gasteiger partial charge in [-0.25, -0.2) is 0 Å². The van der Waals surface area contributed by atoms with E-state index in [4.69, 9.17) is 0 Å². The Labute approximate surface area is 323 Å². The van der Waals surface area contributed by atoms with Crippen LogP contribution >= 0.6 is 0 Å². The lowest BCUT2D eigenvalue weighted by atomic mass is 9.67.